The van der Waals surface area contributed by atoms with Gasteiger partial charge in [0, 0.05) is 7.11 Å². The molecular formula is C13H29NO. The van der Waals surface area contributed by atoms with Crippen LogP contribution in [0.15, 0.2) is 0 Å². The highest BCUT2D eigenvalue weighted by molar-refractivity contribution is 4.58. The smallest absolute Gasteiger partial charge is 0.0571 e. The summed E-state index contributed by atoms with van der Waals surface area (Å²) in [6.07, 6.45) is 9.32. The second-order valence-corrected chi connectivity index (χ2v) is 4.25. The molecule has 0 saturated carbocycles. The first kappa shape index (κ1) is 14.9. The van der Waals surface area contributed by atoms with Gasteiger partial charge in [-0.05, 0) is 38.8 Å². The molecule has 0 bridgehead atoms. The van der Waals surface area contributed by atoms with E-state index in [1.165, 1.54) is 51.5 Å². The van der Waals surface area contributed by atoms with E-state index in [1.807, 2.05) is 7.11 Å². The van der Waals surface area contributed by atoms with Crippen molar-refractivity contribution in [1.29, 1.82) is 0 Å². The number of methoxy groups -OCH3 is 1. The zero-order chi connectivity index (χ0) is 11.4. The summed E-state index contributed by atoms with van der Waals surface area (Å²) in [6.45, 7) is 6.79. The SMILES string of the molecule is CCCCCNCCC[C@H](CCC)OC. The standard InChI is InChI=1S/C13H29NO/c1-4-6-7-11-14-12-8-10-13(15-3)9-5-2/h13-14H,4-12H2,1-3H3/t13-/m0/s1. The van der Waals surface area contributed by atoms with Gasteiger partial charge in [-0.1, -0.05) is 33.1 Å². The maximum atomic E-state index is 5.41. The van der Waals surface area contributed by atoms with E-state index in [4.69, 9.17) is 4.74 Å². The minimum Gasteiger partial charge on any atom is -0.381 e. The lowest BCUT2D eigenvalue weighted by atomic mass is 10.1. The van der Waals surface area contributed by atoms with Gasteiger partial charge in [-0.25, -0.2) is 0 Å². The average Bonchev–Trinajstić information content (AvgIpc) is 2.26. The van der Waals surface area contributed by atoms with Crippen LogP contribution in [0, 0.1) is 0 Å². The molecule has 0 spiro atoms. The van der Waals surface area contributed by atoms with Crippen LogP contribution < -0.4 is 5.32 Å². The van der Waals surface area contributed by atoms with Crippen LogP contribution in [-0.2, 0) is 4.74 Å². The number of rotatable bonds is 11. The topological polar surface area (TPSA) is 21.3 Å². The molecule has 0 saturated heterocycles. The molecule has 1 atom stereocenters. The van der Waals surface area contributed by atoms with Gasteiger partial charge in [0.1, 0.15) is 0 Å². The molecule has 0 aromatic heterocycles. The van der Waals surface area contributed by atoms with Crippen LogP contribution in [0.1, 0.15) is 58.8 Å². The second-order valence-electron chi connectivity index (χ2n) is 4.25. The van der Waals surface area contributed by atoms with Crippen LogP contribution in [-0.4, -0.2) is 26.3 Å². The largest absolute Gasteiger partial charge is 0.381 e. The second kappa shape index (κ2) is 12.0. The van der Waals surface area contributed by atoms with Crippen molar-refractivity contribution in [2.75, 3.05) is 20.2 Å². The van der Waals surface area contributed by atoms with Gasteiger partial charge >= 0.3 is 0 Å². The Bertz CT molecular complexity index is 117. The van der Waals surface area contributed by atoms with Crippen molar-refractivity contribution >= 4 is 0 Å². The van der Waals surface area contributed by atoms with E-state index in [2.05, 4.69) is 19.2 Å². The van der Waals surface area contributed by atoms with E-state index in [-0.39, 0.29) is 0 Å². The molecule has 0 rings (SSSR count). The van der Waals surface area contributed by atoms with E-state index in [0.29, 0.717) is 6.10 Å². The fourth-order valence-corrected chi connectivity index (χ4v) is 1.78. The third kappa shape index (κ3) is 10.2. The predicted molar refractivity (Wildman–Crippen MR) is 67.3 cm³/mol. The lowest BCUT2D eigenvalue weighted by molar-refractivity contribution is 0.0856. The van der Waals surface area contributed by atoms with Crippen molar-refractivity contribution in [1.82, 2.24) is 5.32 Å². The summed E-state index contributed by atoms with van der Waals surface area (Å²) in [5, 5.41) is 3.49. The number of nitrogens with one attached hydrogen (secondary N) is 1. The first-order chi connectivity index (χ1) is 7.35. The normalized spacial score (nSPS) is 13.0. The summed E-state index contributed by atoms with van der Waals surface area (Å²) in [5.74, 6) is 0. The first-order valence-electron chi connectivity index (χ1n) is 6.58. The van der Waals surface area contributed by atoms with E-state index in [1.54, 1.807) is 0 Å². The molecule has 2 heteroatoms. The van der Waals surface area contributed by atoms with Gasteiger partial charge in [0.15, 0.2) is 0 Å². The highest BCUT2D eigenvalue weighted by Gasteiger charge is 2.04. The molecule has 0 aliphatic carbocycles. The molecule has 0 heterocycles. The van der Waals surface area contributed by atoms with Gasteiger partial charge < -0.3 is 10.1 Å². The van der Waals surface area contributed by atoms with Crippen molar-refractivity contribution in [3.05, 3.63) is 0 Å². The van der Waals surface area contributed by atoms with Gasteiger partial charge in [0.25, 0.3) is 0 Å². The number of unbranched alkanes of at least 4 members (excludes halogenated alkanes) is 2. The lowest BCUT2D eigenvalue weighted by Gasteiger charge is -2.14. The van der Waals surface area contributed by atoms with Crippen molar-refractivity contribution in [2.24, 2.45) is 0 Å². The molecule has 0 aliphatic heterocycles. The Balaban J connectivity index is 3.14. The highest BCUT2D eigenvalue weighted by Crippen LogP contribution is 2.07. The molecule has 2 nitrogen and oxygen atoms in total. The third-order valence-corrected chi connectivity index (χ3v) is 2.78. The Labute approximate surface area is 95.8 Å². The summed E-state index contributed by atoms with van der Waals surface area (Å²) in [7, 11) is 1.83. The molecule has 0 aromatic rings. The van der Waals surface area contributed by atoms with Gasteiger partial charge in [0.05, 0.1) is 6.10 Å². The zero-order valence-electron chi connectivity index (χ0n) is 10.8. The molecule has 15 heavy (non-hydrogen) atoms. The maximum absolute atomic E-state index is 5.41. The summed E-state index contributed by atoms with van der Waals surface area (Å²) >= 11 is 0. The highest BCUT2D eigenvalue weighted by atomic mass is 16.5. The first-order valence-corrected chi connectivity index (χ1v) is 6.58. The van der Waals surface area contributed by atoms with E-state index in [0.717, 1.165) is 6.54 Å². The van der Waals surface area contributed by atoms with Crippen molar-refractivity contribution in [2.45, 2.75) is 64.9 Å². The van der Waals surface area contributed by atoms with Gasteiger partial charge in [-0.2, -0.15) is 0 Å². The van der Waals surface area contributed by atoms with Crippen molar-refractivity contribution in [3.8, 4) is 0 Å². The van der Waals surface area contributed by atoms with Gasteiger partial charge in [-0.15, -0.1) is 0 Å². The number of hydrogen-bond donors (Lipinski definition) is 1. The molecular weight excluding hydrogens is 186 g/mol. The summed E-state index contributed by atoms with van der Waals surface area (Å²) in [6, 6.07) is 0. The Morgan fingerprint density at radius 1 is 0.933 bits per heavy atom. The molecule has 0 aliphatic rings. The Morgan fingerprint density at radius 2 is 1.67 bits per heavy atom. The minimum absolute atomic E-state index is 0.479. The average molecular weight is 215 g/mol. The van der Waals surface area contributed by atoms with Crippen LogP contribution in [0.4, 0.5) is 0 Å². The zero-order valence-corrected chi connectivity index (χ0v) is 10.8. The Hall–Kier alpha value is -0.0800. The van der Waals surface area contributed by atoms with Crippen LogP contribution in [0.2, 0.25) is 0 Å². The number of hydrogen-bond acceptors (Lipinski definition) is 2. The Morgan fingerprint density at radius 3 is 2.27 bits per heavy atom. The Kier molecular flexibility index (Phi) is 11.9. The molecule has 0 fully saturated rings. The lowest BCUT2D eigenvalue weighted by Crippen LogP contribution is -2.19. The van der Waals surface area contributed by atoms with Crippen LogP contribution >= 0.6 is 0 Å². The number of ether oxygens (including phenoxy) is 1. The van der Waals surface area contributed by atoms with E-state index < -0.39 is 0 Å². The maximum Gasteiger partial charge on any atom is 0.0571 e. The summed E-state index contributed by atoms with van der Waals surface area (Å²) in [4.78, 5) is 0. The molecule has 0 amide bonds. The van der Waals surface area contributed by atoms with Crippen molar-refractivity contribution < 1.29 is 4.74 Å². The molecule has 0 aromatic carbocycles. The molecule has 0 unspecified atom stereocenters. The summed E-state index contributed by atoms with van der Waals surface area (Å²) < 4.78 is 5.41. The van der Waals surface area contributed by atoms with Crippen LogP contribution in [0.5, 0.6) is 0 Å². The predicted octanol–water partition coefficient (Wildman–Crippen LogP) is 3.36. The van der Waals surface area contributed by atoms with Crippen LogP contribution in [0.3, 0.4) is 0 Å². The summed E-state index contributed by atoms with van der Waals surface area (Å²) in [5.41, 5.74) is 0. The van der Waals surface area contributed by atoms with Gasteiger partial charge in [-0.3, -0.25) is 0 Å². The van der Waals surface area contributed by atoms with Crippen LogP contribution in [0.25, 0.3) is 0 Å². The third-order valence-electron chi connectivity index (χ3n) is 2.78. The molecule has 1 N–H and O–H groups in total. The monoisotopic (exact) mass is 215 g/mol. The quantitative estimate of drug-likeness (QED) is 0.534. The molecule has 92 valence electrons. The van der Waals surface area contributed by atoms with E-state index >= 15 is 0 Å². The minimum atomic E-state index is 0.479. The molecule has 0 radical (unpaired) electrons. The fraction of sp³-hybridized carbons (Fsp3) is 1.00. The van der Waals surface area contributed by atoms with E-state index in [9.17, 15) is 0 Å². The van der Waals surface area contributed by atoms with Crippen molar-refractivity contribution in [3.63, 3.8) is 0 Å². The van der Waals surface area contributed by atoms with Gasteiger partial charge in [0.2, 0.25) is 0 Å². The fourth-order valence-electron chi connectivity index (χ4n) is 1.78.